The van der Waals surface area contributed by atoms with Gasteiger partial charge in [0.15, 0.2) is 0 Å². The lowest BCUT2D eigenvalue weighted by Gasteiger charge is -2.21. The van der Waals surface area contributed by atoms with Gasteiger partial charge in [-0.25, -0.2) is 0 Å². The van der Waals surface area contributed by atoms with E-state index < -0.39 is 12.0 Å². The van der Waals surface area contributed by atoms with Gasteiger partial charge in [-0.2, -0.15) is 0 Å². The first-order valence-electron chi connectivity index (χ1n) is 5.60. The van der Waals surface area contributed by atoms with E-state index >= 15 is 0 Å². The summed E-state index contributed by atoms with van der Waals surface area (Å²) in [7, 11) is 1.31. The van der Waals surface area contributed by atoms with Gasteiger partial charge in [0.1, 0.15) is 6.04 Å². The molecule has 2 atom stereocenters. The van der Waals surface area contributed by atoms with E-state index in [9.17, 15) is 4.79 Å². The predicted octanol–water partition coefficient (Wildman–Crippen LogP) is 1.18. The Balaban J connectivity index is 2.74. The van der Waals surface area contributed by atoms with Gasteiger partial charge in [-0.3, -0.25) is 10.1 Å². The van der Waals surface area contributed by atoms with Crippen LogP contribution >= 0.6 is 0 Å². The van der Waals surface area contributed by atoms with Crippen LogP contribution in [0.1, 0.15) is 24.1 Å². The molecule has 0 aliphatic heterocycles. The molecule has 0 aliphatic rings. The first-order chi connectivity index (χ1) is 8.10. The van der Waals surface area contributed by atoms with Crippen LogP contribution in [0.25, 0.3) is 0 Å². The van der Waals surface area contributed by atoms with Crippen LogP contribution in [-0.2, 0) is 9.53 Å². The fourth-order valence-electron chi connectivity index (χ4n) is 1.80. The van der Waals surface area contributed by atoms with E-state index in [1.165, 1.54) is 7.11 Å². The topological polar surface area (TPSA) is 58.6 Å². The van der Waals surface area contributed by atoms with Gasteiger partial charge in [-0.1, -0.05) is 24.3 Å². The Kier molecular flexibility index (Phi) is 5.12. The summed E-state index contributed by atoms with van der Waals surface area (Å²) in [6.45, 7) is 3.69. The van der Waals surface area contributed by atoms with Gasteiger partial charge in [-0.15, -0.1) is 0 Å². The van der Waals surface area contributed by atoms with Crippen molar-refractivity contribution in [3.63, 3.8) is 0 Å². The Morgan fingerprint density at radius 3 is 2.65 bits per heavy atom. The second-order valence-electron chi connectivity index (χ2n) is 4.00. The van der Waals surface area contributed by atoms with Gasteiger partial charge in [0.2, 0.25) is 0 Å². The van der Waals surface area contributed by atoms with Crippen molar-refractivity contribution >= 4 is 5.97 Å². The molecular weight excluding hydrogens is 218 g/mol. The van der Waals surface area contributed by atoms with Gasteiger partial charge in [0.25, 0.3) is 0 Å². The molecule has 2 N–H and O–H groups in total. The Labute approximate surface area is 102 Å². The summed E-state index contributed by atoms with van der Waals surface area (Å²) in [6.07, 6.45) is 0. The number of benzene rings is 1. The number of hydrogen-bond acceptors (Lipinski definition) is 4. The fraction of sp³-hybridized carbons (Fsp3) is 0.462. The monoisotopic (exact) mass is 237 g/mol. The molecule has 0 aromatic heterocycles. The molecule has 0 aliphatic carbocycles. The number of aliphatic hydroxyl groups is 1. The van der Waals surface area contributed by atoms with E-state index in [4.69, 9.17) is 5.11 Å². The number of esters is 1. The Morgan fingerprint density at radius 2 is 2.12 bits per heavy atom. The minimum Gasteiger partial charge on any atom is -0.468 e. The van der Waals surface area contributed by atoms with Crippen LogP contribution in [-0.4, -0.2) is 30.8 Å². The van der Waals surface area contributed by atoms with Crippen LogP contribution in [0.3, 0.4) is 0 Å². The molecule has 1 rings (SSSR count). The lowest BCUT2D eigenvalue weighted by molar-refractivity contribution is -0.144. The molecule has 0 radical (unpaired) electrons. The van der Waals surface area contributed by atoms with E-state index in [0.717, 1.165) is 11.1 Å². The minimum atomic E-state index is -0.686. The van der Waals surface area contributed by atoms with E-state index in [0.29, 0.717) is 0 Å². The standard InChI is InChI=1S/C13H19NO3/c1-9-6-4-5-7-11(9)10(2)14-12(8-15)13(16)17-3/h4-7,10,12,14-15H,8H2,1-3H3/t10-,12+/m1/s1. The highest BCUT2D eigenvalue weighted by molar-refractivity contribution is 5.75. The molecule has 17 heavy (non-hydrogen) atoms. The van der Waals surface area contributed by atoms with Crippen molar-refractivity contribution in [3.05, 3.63) is 35.4 Å². The number of aryl methyl sites for hydroxylation is 1. The molecule has 0 spiro atoms. The zero-order chi connectivity index (χ0) is 12.8. The summed E-state index contributed by atoms with van der Waals surface area (Å²) >= 11 is 0. The second kappa shape index (κ2) is 6.37. The largest absolute Gasteiger partial charge is 0.468 e. The van der Waals surface area contributed by atoms with Crippen LogP contribution in [0, 0.1) is 6.92 Å². The molecule has 0 fully saturated rings. The number of carbonyl (C=O) groups is 1. The summed E-state index contributed by atoms with van der Waals surface area (Å²) < 4.78 is 4.61. The van der Waals surface area contributed by atoms with Crippen LogP contribution in [0.4, 0.5) is 0 Å². The molecule has 1 aromatic carbocycles. The molecule has 0 bridgehead atoms. The zero-order valence-corrected chi connectivity index (χ0v) is 10.4. The number of nitrogens with one attached hydrogen (secondary N) is 1. The summed E-state index contributed by atoms with van der Waals surface area (Å²) in [6, 6.07) is 7.22. The summed E-state index contributed by atoms with van der Waals surface area (Å²) in [4.78, 5) is 11.4. The third kappa shape index (κ3) is 3.54. The maximum absolute atomic E-state index is 11.4. The van der Waals surface area contributed by atoms with Gasteiger partial charge >= 0.3 is 5.97 Å². The average Bonchev–Trinajstić information content (AvgIpc) is 2.35. The highest BCUT2D eigenvalue weighted by Crippen LogP contribution is 2.17. The van der Waals surface area contributed by atoms with Crippen molar-refractivity contribution in [1.82, 2.24) is 5.32 Å². The molecule has 0 unspecified atom stereocenters. The Morgan fingerprint density at radius 1 is 1.47 bits per heavy atom. The van der Waals surface area contributed by atoms with Crippen LogP contribution in [0.2, 0.25) is 0 Å². The zero-order valence-electron chi connectivity index (χ0n) is 10.4. The van der Waals surface area contributed by atoms with Crippen LogP contribution in [0.15, 0.2) is 24.3 Å². The van der Waals surface area contributed by atoms with Gasteiger partial charge in [0.05, 0.1) is 13.7 Å². The van der Waals surface area contributed by atoms with Gasteiger partial charge in [0, 0.05) is 6.04 Å². The molecule has 4 heteroatoms. The van der Waals surface area contributed by atoms with Crippen molar-refractivity contribution in [2.45, 2.75) is 25.9 Å². The van der Waals surface area contributed by atoms with Crippen molar-refractivity contribution in [1.29, 1.82) is 0 Å². The summed E-state index contributed by atoms with van der Waals surface area (Å²) in [5.41, 5.74) is 2.25. The summed E-state index contributed by atoms with van der Waals surface area (Å²) in [5.74, 6) is -0.451. The maximum atomic E-state index is 11.4. The SMILES string of the molecule is COC(=O)[C@H](CO)N[C@H](C)c1ccccc1C. The van der Waals surface area contributed by atoms with Gasteiger partial charge < -0.3 is 9.84 Å². The highest BCUT2D eigenvalue weighted by atomic mass is 16.5. The first-order valence-corrected chi connectivity index (χ1v) is 5.60. The van der Waals surface area contributed by atoms with E-state index in [1.807, 2.05) is 38.1 Å². The lowest BCUT2D eigenvalue weighted by Crippen LogP contribution is -2.42. The number of carbonyl (C=O) groups excluding carboxylic acids is 1. The molecule has 1 aromatic rings. The molecule has 0 saturated heterocycles. The van der Waals surface area contributed by atoms with E-state index in [2.05, 4.69) is 10.1 Å². The van der Waals surface area contributed by atoms with E-state index in [-0.39, 0.29) is 12.6 Å². The molecule has 0 amide bonds. The van der Waals surface area contributed by atoms with Gasteiger partial charge in [-0.05, 0) is 25.0 Å². The minimum absolute atomic E-state index is 0.0209. The summed E-state index contributed by atoms with van der Waals surface area (Å²) in [5, 5.41) is 12.2. The number of rotatable bonds is 5. The number of methoxy groups -OCH3 is 1. The quantitative estimate of drug-likeness (QED) is 0.755. The lowest BCUT2D eigenvalue weighted by atomic mass is 10.0. The van der Waals surface area contributed by atoms with Crippen molar-refractivity contribution in [2.75, 3.05) is 13.7 Å². The average molecular weight is 237 g/mol. The molecule has 0 saturated carbocycles. The number of aliphatic hydroxyl groups excluding tert-OH is 1. The van der Waals surface area contributed by atoms with E-state index in [1.54, 1.807) is 0 Å². The molecule has 94 valence electrons. The number of ether oxygens (including phenoxy) is 1. The molecule has 4 nitrogen and oxygen atoms in total. The Bertz CT molecular complexity index is 379. The highest BCUT2D eigenvalue weighted by Gasteiger charge is 2.21. The predicted molar refractivity (Wildman–Crippen MR) is 65.6 cm³/mol. The third-order valence-electron chi connectivity index (χ3n) is 2.77. The first kappa shape index (κ1) is 13.7. The number of hydrogen-bond donors (Lipinski definition) is 2. The van der Waals surface area contributed by atoms with Crippen LogP contribution in [0.5, 0.6) is 0 Å². The molecular formula is C13H19NO3. The van der Waals surface area contributed by atoms with Crippen molar-refractivity contribution < 1.29 is 14.6 Å². The van der Waals surface area contributed by atoms with Crippen LogP contribution < -0.4 is 5.32 Å². The fourth-order valence-corrected chi connectivity index (χ4v) is 1.80. The third-order valence-corrected chi connectivity index (χ3v) is 2.77. The van der Waals surface area contributed by atoms with Crippen molar-refractivity contribution in [2.24, 2.45) is 0 Å². The molecule has 0 heterocycles. The Hall–Kier alpha value is -1.39. The maximum Gasteiger partial charge on any atom is 0.325 e. The smallest absolute Gasteiger partial charge is 0.325 e. The van der Waals surface area contributed by atoms with Crippen molar-refractivity contribution in [3.8, 4) is 0 Å². The normalized spacial score (nSPS) is 14.1. The second-order valence-corrected chi connectivity index (χ2v) is 4.00.